The van der Waals surface area contributed by atoms with E-state index < -0.39 is 10.0 Å². The number of para-hydroxylation sites is 1. The molecule has 1 fully saturated rings. The summed E-state index contributed by atoms with van der Waals surface area (Å²) in [5.41, 5.74) is 2.43. The molecule has 1 atom stereocenters. The minimum Gasteiger partial charge on any atom is -0.310 e. The zero-order chi connectivity index (χ0) is 23.0. The Balaban J connectivity index is 1.63. The molecule has 0 aliphatic heterocycles. The zero-order valence-corrected chi connectivity index (χ0v) is 20.0. The van der Waals surface area contributed by atoms with Crippen LogP contribution in [0.25, 0.3) is 0 Å². The number of benzene rings is 1. The van der Waals surface area contributed by atoms with E-state index in [9.17, 15) is 8.42 Å². The van der Waals surface area contributed by atoms with Crippen LogP contribution >= 0.6 is 0 Å². The average Bonchev–Trinajstić information content (AvgIpc) is 2.79. The average molecular weight is 457 g/mol. The molecule has 0 spiro atoms. The van der Waals surface area contributed by atoms with Crippen LogP contribution in [0.1, 0.15) is 76.5 Å². The first-order valence-corrected chi connectivity index (χ1v) is 13.3. The van der Waals surface area contributed by atoms with Gasteiger partial charge in [0.1, 0.15) is 4.90 Å². The van der Waals surface area contributed by atoms with Gasteiger partial charge in [0, 0.05) is 18.8 Å². The molecule has 0 radical (unpaired) electrons. The van der Waals surface area contributed by atoms with Gasteiger partial charge in [0.25, 0.3) is 10.0 Å². The molecule has 1 unspecified atom stereocenters. The van der Waals surface area contributed by atoms with Crippen molar-refractivity contribution in [2.24, 2.45) is 5.92 Å². The molecule has 0 bridgehead atoms. The predicted octanol–water partition coefficient (Wildman–Crippen LogP) is 5.50. The first kappa shape index (κ1) is 24.4. The second-order valence-corrected chi connectivity index (χ2v) is 10.6. The summed E-state index contributed by atoms with van der Waals surface area (Å²) in [7, 11) is -3.76. The van der Waals surface area contributed by atoms with Crippen molar-refractivity contribution in [3.8, 4) is 0 Å². The van der Waals surface area contributed by atoms with Crippen LogP contribution in [0.2, 0.25) is 0 Å². The van der Waals surface area contributed by atoms with Gasteiger partial charge in [-0.1, -0.05) is 63.6 Å². The highest BCUT2D eigenvalue weighted by Gasteiger charge is 2.19. The number of anilines is 1. The summed E-state index contributed by atoms with van der Waals surface area (Å²) in [5.74, 6) is 0.800. The van der Waals surface area contributed by atoms with Gasteiger partial charge in [-0.05, 0) is 49.4 Å². The summed E-state index contributed by atoms with van der Waals surface area (Å²) in [6, 6.07) is 11.0. The van der Waals surface area contributed by atoms with Gasteiger partial charge in [0.2, 0.25) is 0 Å². The normalized spacial score (nSPS) is 15.9. The number of sulfonamides is 1. The molecule has 1 aliphatic rings. The fourth-order valence-electron chi connectivity index (χ4n) is 4.36. The van der Waals surface area contributed by atoms with Gasteiger partial charge < -0.3 is 10.7 Å². The molecule has 174 valence electrons. The number of hydrogen-bond donors (Lipinski definition) is 3. The quantitative estimate of drug-likeness (QED) is 0.389. The van der Waals surface area contributed by atoms with Crippen LogP contribution in [0.5, 0.6) is 0 Å². The first-order valence-electron chi connectivity index (χ1n) is 11.8. The molecule has 3 N–H and O–H groups in total. The van der Waals surface area contributed by atoms with Gasteiger partial charge in [0.05, 0.1) is 17.1 Å². The molecule has 1 aliphatic carbocycles. The van der Waals surface area contributed by atoms with E-state index in [1.807, 2.05) is 25.1 Å². The minimum atomic E-state index is -3.76. The lowest BCUT2D eigenvalue weighted by molar-refractivity contribution is 0.305. The molecule has 3 rings (SSSR count). The summed E-state index contributed by atoms with van der Waals surface area (Å²) in [5, 5.41) is 11.6. The first-order chi connectivity index (χ1) is 15.4. The number of nitrogens with one attached hydrogen (secondary N) is 3. The van der Waals surface area contributed by atoms with Gasteiger partial charge in [-0.2, -0.15) is 0 Å². The molecule has 1 heterocycles. The Labute approximate surface area is 192 Å². The largest absolute Gasteiger partial charge is 0.310 e. The molecule has 0 amide bonds. The third-order valence-electron chi connectivity index (χ3n) is 6.17. The van der Waals surface area contributed by atoms with Crippen LogP contribution in [0.4, 0.5) is 5.69 Å². The van der Waals surface area contributed by atoms with Crippen LogP contribution in [-0.2, 0) is 16.6 Å². The highest BCUT2D eigenvalue weighted by Crippen LogP contribution is 2.27. The second-order valence-electron chi connectivity index (χ2n) is 8.89. The number of nitrogens with zero attached hydrogens (tertiary/aromatic N) is 1. The molecule has 1 aromatic heterocycles. The minimum absolute atomic E-state index is 0.0963. The van der Waals surface area contributed by atoms with Crippen molar-refractivity contribution in [1.29, 1.82) is 5.41 Å². The monoisotopic (exact) mass is 456 g/mol. The molecule has 1 aromatic carbocycles. The van der Waals surface area contributed by atoms with Crippen molar-refractivity contribution in [3.05, 3.63) is 53.9 Å². The third kappa shape index (κ3) is 6.87. The van der Waals surface area contributed by atoms with E-state index in [-0.39, 0.29) is 4.90 Å². The van der Waals surface area contributed by atoms with E-state index in [0.29, 0.717) is 36.1 Å². The molecular formula is C25H36N4O2S. The van der Waals surface area contributed by atoms with Crippen LogP contribution in [-0.4, -0.2) is 25.2 Å². The van der Waals surface area contributed by atoms with Gasteiger partial charge in [0.15, 0.2) is 0 Å². The van der Waals surface area contributed by atoms with Gasteiger partial charge in [-0.25, -0.2) is 8.42 Å². The molecule has 1 saturated carbocycles. The maximum absolute atomic E-state index is 12.9. The Morgan fingerprint density at radius 2 is 1.91 bits per heavy atom. The SMILES string of the molecule is CCCC(=N)c1ccc(S(=O)(=O)Nc2ccccc2CNC(C)CC2CCCCC2)cn1. The van der Waals surface area contributed by atoms with Gasteiger partial charge in [-0.15, -0.1) is 0 Å². The van der Waals surface area contributed by atoms with E-state index in [0.717, 1.165) is 17.9 Å². The third-order valence-corrected chi connectivity index (χ3v) is 7.52. The van der Waals surface area contributed by atoms with Crippen molar-refractivity contribution >= 4 is 21.4 Å². The maximum Gasteiger partial charge on any atom is 0.263 e. The highest BCUT2D eigenvalue weighted by molar-refractivity contribution is 7.92. The summed E-state index contributed by atoms with van der Waals surface area (Å²) in [6.07, 6.45) is 10.7. The summed E-state index contributed by atoms with van der Waals surface area (Å²) >= 11 is 0. The number of hydrogen-bond acceptors (Lipinski definition) is 5. The van der Waals surface area contributed by atoms with Crippen molar-refractivity contribution in [2.75, 3.05) is 4.72 Å². The Bertz CT molecular complexity index is 983. The molecule has 2 aromatic rings. The van der Waals surface area contributed by atoms with Crippen molar-refractivity contribution in [2.45, 2.75) is 82.7 Å². The molecule has 32 heavy (non-hydrogen) atoms. The molecular weight excluding hydrogens is 420 g/mol. The fraction of sp³-hybridized carbons (Fsp3) is 0.520. The standard InChI is InChI=1S/C25H36N4O2S/c1-3-9-23(26)25-15-14-22(18-28-25)32(30,31)29-24-13-8-7-12-21(24)17-27-19(2)16-20-10-5-4-6-11-20/h7-8,12-15,18-20,26-27,29H,3-6,9-11,16-17H2,1-2H3. The van der Waals surface area contributed by atoms with Crippen LogP contribution < -0.4 is 10.0 Å². The van der Waals surface area contributed by atoms with Crippen molar-refractivity contribution in [3.63, 3.8) is 0 Å². The Morgan fingerprint density at radius 3 is 2.59 bits per heavy atom. The fourth-order valence-corrected chi connectivity index (χ4v) is 5.41. The lowest BCUT2D eigenvalue weighted by Crippen LogP contribution is -2.29. The maximum atomic E-state index is 12.9. The summed E-state index contributed by atoms with van der Waals surface area (Å²) in [6.45, 7) is 4.82. The number of aromatic nitrogens is 1. The van der Waals surface area contributed by atoms with E-state index in [1.54, 1.807) is 12.1 Å². The lowest BCUT2D eigenvalue weighted by atomic mass is 9.85. The van der Waals surface area contributed by atoms with Crippen LogP contribution in [0.15, 0.2) is 47.5 Å². The zero-order valence-electron chi connectivity index (χ0n) is 19.2. The van der Waals surface area contributed by atoms with E-state index in [1.165, 1.54) is 50.8 Å². The number of rotatable bonds is 11. The smallest absolute Gasteiger partial charge is 0.263 e. The lowest BCUT2D eigenvalue weighted by Gasteiger charge is -2.25. The number of pyridine rings is 1. The second kappa shape index (κ2) is 11.6. The molecule has 6 nitrogen and oxygen atoms in total. The van der Waals surface area contributed by atoms with Crippen LogP contribution in [0.3, 0.4) is 0 Å². The summed E-state index contributed by atoms with van der Waals surface area (Å²) < 4.78 is 28.6. The summed E-state index contributed by atoms with van der Waals surface area (Å²) in [4.78, 5) is 4.28. The highest BCUT2D eigenvalue weighted by atomic mass is 32.2. The van der Waals surface area contributed by atoms with E-state index in [2.05, 4.69) is 21.9 Å². The van der Waals surface area contributed by atoms with Crippen molar-refractivity contribution in [1.82, 2.24) is 10.3 Å². The topological polar surface area (TPSA) is 94.9 Å². The Hall–Kier alpha value is -2.25. The van der Waals surface area contributed by atoms with Gasteiger partial charge >= 0.3 is 0 Å². The van der Waals surface area contributed by atoms with Gasteiger partial charge in [-0.3, -0.25) is 9.71 Å². The Kier molecular flexibility index (Phi) is 8.82. The predicted molar refractivity (Wildman–Crippen MR) is 131 cm³/mol. The molecule has 0 saturated heterocycles. The van der Waals surface area contributed by atoms with E-state index in [4.69, 9.17) is 5.41 Å². The van der Waals surface area contributed by atoms with Crippen molar-refractivity contribution < 1.29 is 8.42 Å². The molecule has 7 heteroatoms. The van der Waals surface area contributed by atoms with Crippen LogP contribution in [0, 0.1) is 11.3 Å². The van der Waals surface area contributed by atoms with E-state index >= 15 is 0 Å². The Morgan fingerprint density at radius 1 is 1.16 bits per heavy atom.